The lowest BCUT2D eigenvalue weighted by atomic mass is 10.0. The van der Waals surface area contributed by atoms with Crippen LogP contribution < -0.4 is 37.6 Å². The van der Waals surface area contributed by atoms with Gasteiger partial charge in [0, 0.05) is 65.6 Å². The molecule has 5 rings (SSSR count). The smallest absolute Gasteiger partial charge is 0.327 e. The van der Waals surface area contributed by atoms with Crippen LogP contribution in [0.2, 0.25) is 0 Å². The quantitative estimate of drug-likeness (QED) is 0.0287. The van der Waals surface area contributed by atoms with Crippen molar-refractivity contribution in [1.82, 2.24) is 41.9 Å². The van der Waals surface area contributed by atoms with Gasteiger partial charge in [-0.05, 0) is 48.2 Å². The van der Waals surface area contributed by atoms with Crippen LogP contribution in [0.1, 0.15) is 55.2 Å². The first-order chi connectivity index (χ1) is 30.9. The number of rotatable bonds is 26. The van der Waals surface area contributed by atoms with Crippen LogP contribution in [0.5, 0.6) is 0 Å². The maximum Gasteiger partial charge on any atom is 0.327 e. The maximum absolute atomic E-state index is 14.4. The van der Waals surface area contributed by atoms with E-state index in [1.54, 1.807) is 12.4 Å². The van der Waals surface area contributed by atoms with Gasteiger partial charge >= 0.3 is 5.97 Å². The monoisotopic (exact) mass is 895 g/mol. The first-order valence-electron chi connectivity index (χ1n) is 21.4. The maximum atomic E-state index is 14.4. The number of H-pyrrole nitrogens is 2. The fraction of sp³-hybridized carbons (Fsp3) is 0.370. The Hall–Kier alpha value is -6.66. The molecule has 0 aliphatic rings. The summed E-state index contributed by atoms with van der Waals surface area (Å²) in [6, 6.07) is 19.2. The summed E-state index contributed by atoms with van der Waals surface area (Å²) in [6.07, 6.45) is 8.18. The van der Waals surface area contributed by atoms with Crippen molar-refractivity contribution >= 4 is 75.8 Å². The van der Waals surface area contributed by atoms with E-state index in [4.69, 9.17) is 5.73 Å². The van der Waals surface area contributed by atoms with E-state index in [1.165, 1.54) is 0 Å². The third-order valence-corrected chi connectivity index (χ3v) is 11.1. The molecule has 5 aromatic rings. The number of thiol groups is 1. The predicted octanol–water partition coefficient (Wildman–Crippen LogP) is 2.16. The fourth-order valence-electron chi connectivity index (χ4n) is 7.27. The van der Waals surface area contributed by atoms with Crippen LogP contribution in [0.3, 0.4) is 0 Å². The SMILES string of the molecule is NCCCCCCCC(=O)N[C@@H](Cc1ccccc1)C(=O)NCC(=O)N[C@@H](Cc1c[nH]c2ccccc12)C(=O)N[C@@H](Cc1c[nH]c2ccccc12)C(=O)NCC(=O)N[C@@H](CS)C(=O)O. The summed E-state index contributed by atoms with van der Waals surface area (Å²) in [6.45, 7) is -0.498. The molecule has 0 spiro atoms. The number of carbonyl (C=O) groups is 7. The Morgan fingerprint density at radius 3 is 1.56 bits per heavy atom. The molecule has 0 saturated heterocycles. The molecule has 6 amide bonds. The highest BCUT2D eigenvalue weighted by atomic mass is 32.1. The molecule has 18 heteroatoms. The van der Waals surface area contributed by atoms with Gasteiger partial charge in [-0.15, -0.1) is 0 Å². The number of nitrogens with two attached hydrogens (primary N) is 1. The van der Waals surface area contributed by atoms with Crippen molar-refractivity contribution in [1.29, 1.82) is 0 Å². The molecule has 0 radical (unpaired) electrons. The molecule has 3 aromatic carbocycles. The van der Waals surface area contributed by atoms with E-state index in [2.05, 4.69) is 54.5 Å². The number of carboxylic acids is 1. The number of carboxylic acid groups (broad SMARTS) is 1. The molecular formula is C46H57N9O8S. The van der Waals surface area contributed by atoms with Gasteiger partial charge < -0.3 is 52.7 Å². The van der Waals surface area contributed by atoms with Gasteiger partial charge in [0.25, 0.3) is 0 Å². The van der Waals surface area contributed by atoms with Crippen LogP contribution in [-0.4, -0.2) is 106 Å². The molecular weight excluding hydrogens is 839 g/mol. The third kappa shape index (κ3) is 14.7. The summed E-state index contributed by atoms with van der Waals surface area (Å²) in [5, 5.41) is 26.7. The predicted molar refractivity (Wildman–Crippen MR) is 246 cm³/mol. The van der Waals surface area contributed by atoms with E-state index >= 15 is 0 Å². The lowest BCUT2D eigenvalue weighted by Gasteiger charge is -2.24. The molecule has 0 unspecified atom stereocenters. The number of carbonyl (C=O) groups excluding carboxylic acids is 6. The summed E-state index contributed by atoms with van der Waals surface area (Å²) in [7, 11) is 0. The van der Waals surface area contributed by atoms with Crippen molar-refractivity contribution in [3.05, 3.63) is 108 Å². The second-order valence-corrected chi connectivity index (χ2v) is 15.9. The van der Waals surface area contributed by atoms with Crippen LogP contribution in [-0.2, 0) is 52.8 Å². The van der Waals surface area contributed by atoms with E-state index in [-0.39, 0.29) is 37.3 Å². The highest BCUT2D eigenvalue weighted by Crippen LogP contribution is 2.21. The number of unbranched alkanes of at least 4 members (excludes halogenated alkanes) is 4. The van der Waals surface area contributed by atoms with E-state index in [9.17, 15) is 38.7 Å². The molecule has 0 aliphatic carbocycles. The Labute approximate surface area is 376 Å². The molecule has 4 atom stereocenters. The molecule has 11 N–H and O–H groups in total. The number of para-hydroxylation sites is 2. The van der Waals surface area contributed by atoms with Gasteiger partial charge in [-0.1, -0.05) is 86.0 Å². The van der Waals surface area contributed by atoms with Crippen molar-refractivity contribution < 1.29 is 38.7 Å². The number of aromatic nitrogens is 2. The Bertz CT molecular complexity index is 2370. The highest BCUT2D eigenvalue weighted by molar-refractivity contribution is 7.80. The zero-order valence-corrected chi connectivity index (χ0v) is 36.4. The molecule has 64 heavy (non-hydrogen) atoms. The summed E-state index contributed by atoms with van der Waals surface area (Å²) in [4.78, 5) is 98.9. The van der Waals surface area contributed by atoms with Crippen molar-refractivity contribution in [3.8, 4) is 0 Å². The van der Waals surface area contributed by atoms with Gasteiger partial charge in [0.1, 0.15) is 24.2 Å². The van der Waals surface area contributed by atoms with Gasteiger partial charge in [0.05, 0.1) is 13.1 Å². The van der Waals surface area contributed by atoms with Crippen molar-refractivity contribution in [3.63, 3.8) is 0 Å². The number of nitrogens with one attached hydrogen (secondary N) is 8. The molecule has 17 nitrogen and oxygen atoms in total. The van der Waals surface area contributed by atoms with Crippen molar-refractivity contribution in [2.24, 2.45) is 5.73 Å². The fourth-order valence-corrected chi connectivity index (χ4v) is 7.52. The highest BCUT2D eigenvalue weighted by Gasteiger charge is 2.30. The van der Waals surface area contributed by atoms with Crippen LogP contribution in [0.25, 0.3) is 21.8 Å². The number of fused-ring (bicyclic) bond motifs is 2. The largest absolute Gasteiger partial charge is 0.480 e. The lowest BCUT2D eigenvalue weighted by molar-refractivity contribution is -0.141. The first-order valence-corrected chi connectivity index (χ1v) is 22.0. The molecule has 2 heterocycles. The average Bonchev–Trinajstić information content (AvgIpc) is 3.90. The standard InChI is InChI=1S/C46H57N9O8S/c47-20-12-3-1-2-7-19-40(56)52-36(21-29-13-5-4-6-14-29)43(59)50-26-41(57)53-38(23-31-25-49-35-18-11-9-16-33(31)35)45(61)55-37(22-30-24-48-34-17-10-8-15-32(30)34)44(60)51-27-42(58)54-39(28-64)46(62)63/h4-6,8-11,13-18,24-25,36-39,48-49,64H,1-3,7,12,19-23,26-28,47H2,(H,50,59)(H,51,60)(H,52,56)(H,53,57)(H,54,58)(H,55,61)(H,62,63)/t36-,37-,38-,39-/m0/s1. The number of benzene rings is 3. The molecule has 0 saturated carbocycles. The summed E-state index contributed by atoms with van der Waals surface area (Å²) < 4.78 is 0. The van der Waals surface area contributed by atoms with Gasteiger partial charge in [-0.25, -0.2) is 4.79 Å². The van der Waals surface area contributed by atoms with Crippen LogP contribution >= 0.6 is 12.6 Å². The normalized spacial score (nSPS) is 13.0. The lowest BCUT2D eigenvalue weighted by Crippen LogP contribution is -2.57. The summed E-state index contributed by atoms with van der Waals surface area (Å²) in [5.74, 6) is -5.30. The molecule has 0 fully saturated rings. The Balaban J connectivity index is 1.31. The summed E-state index contributed by atoms with van der Waals surface area (Å²) in [5.41, 5.74) is 9.34. The second-order valence-electron chi connectivity index (χ2n) is 15.5. The number of hydrogen-bond donors (Lipinski definition) is 11. The second kappa shape index (κ2) is 24.8. The number of aromatic amines is 2. The molecule has 340 valence electrons. The summed E-state index contributed by atoms with van der Waals surface area (Å²) >= 11 is 3.96. The van der Waals surface area contributed by atoms with Crippen LogP contribution in [0, 0.1) is 0 Å². The van der Waals surface area contributed by atoms with Gasteiger partial charge in [0.15, 0.2) is 0 Å². The average molecular weight is 896 g/mol. The minimum Gasteiger partial charge on any atom is -0.480 e. The molecule has 0 bridgehead atoms. The number of aliphatic carboxylic acids is 1. The third-order valence-electron chi connectivity index (χ3n) is 10.7. The van der Waals surface area contributed by atoms with Crippen LogP contribution in [0.4, 0.5) is 0 Å². The van der Waals surface area contributed by atoms with E-state index < -0.39 is 72.8 Å². The van der Waals surface area contributed by atoms with E-state index in [0.29, 0.717) is 24.1 Å². The first kappa shape index (κ1) is 48.4. The number of amides is 6. The van der Waals surface area contributed by atoms with E-state index in [0.717, 1.165) is 53.1 Å². The van der Waals surface area contributed by atoms with Gasteiger partial charge in [-0.3, -0.25) is 28.8 Å². The van der Waals surface area contributed by atoms with Crippen LogP contribution in [0.15, 0.2) is 91.3 Å². The van der Waals surface area contributed by atoms with Gasteiger partial charge in [0.2, 0.25) is 35.4 Å². The van der Waals surface area contributed by atoms with Crippen molar-refractivity contribution in [2.45, 2.75) is 82.0 Å². The zero-order valence-electron chi connectivity index (χ0n) is 35.5. The topological polar surface area (TPSA) is 269 Å². The Morgan fingerprint density at radius 2 is 1.02 bits per heavy atom. The molecule has 0 aliphatic heterocycles. The van der Waals surface area contributed by atoms with Gasteiger partial charge in [-0.2, -0.15) is 12.6 Å². The minimum absolute atomic E-state index is 0.0153. The Morgan fingerprint density at radius 1 is 0.547 bits per heavy atom. The Kier molecular flexibility index (Phi) is 18.8. The minimum atomic E-state index is -1.29. The number of hydrogen-bond acceptors (Lipinski definition) is 9. The van der Waals surface area contributed by atoms with Crippen molar-refractivity contribution in [2.75, 3.05) is 25.4 Å². The zero-order chi connectivity index (χ0) is 45.8. The van der Waals surface area contributed by atoms with E-state index in [1.807, 2.05) is 78.9 Å². The molecule has 2 aromatic heterocycles.